The fourth-order valence-electron chi connectivity index (χ4n) is 2.70. The molecule has 0 aliphatic carbocycles. The molecule has 2 N–H and O–H groups in total. The second-order valence-electron chi connectivity index (χ2n) is 4.93. The summed E-state index contributed by atoms with van der Waals surface area (Å²) in [5.74, 6) is 0.360. The van der Waals surface area contributed by atoms with Gasteiger partial charge in [0, 0.05) is 6.54 Å². The summed E-state index contributed by atoms with van der Waals surface area (Å²) in [7, 11) is 0. The zero-order valence-corrected chi connectivity index (χ0v) is 10.5. The molecule has 0 radical (unpaired) electrons. The van der Waals surface area contributed by atoms with Gasteiger partial charge < -0.3 is 10.4 Å². The maximum atomic E-state index is 9.57. The van der Waals surface area contributed by atoms with Crippen molar-refractivity contribution in [3.8, 4) is 5.75 Å². The molecule has 1 aliphatic rings. The van der Waals surface area contributed by atoms with Crippen LogP contribution in [-0.4, -0.2) is 11.7 Å². The number of hydrogen-bond donors (Lipinski definition) is 2. The summed E-state index contributed by atoms with van der Waals surface area (Å²) in [4.78, 5) is 0. The predicted molar refractivity (Wildman–Crippen MR) is 72.8 cm³/mol. The van der Waals surface area contributed by atoms with Crippen molar-refractivity contribution in [1.29, 1.82) is 0 Å². The molecule has 0 bridgehead atoms. The van der Waals surface area contributed by atoms with Gasteiger partial charge in [-0.3, -0.25) is 0 Å². The van der Waals surface area contributed by atoms with Gasteiger partial charge in [0.2, 0.25) is 0 Å². The Morgan fingerprint density at radius 1 is 1.17 bits per heavy atom. The number of aromatic hydroxyl groups is 1. The topological polar surface area (TPSA) is 32.3 Å². The molecule has 0 aromatic heterocycles. The molecular formula is C16H17NO. The molecule has 2 aromatic rings. The van der Waals surface area contributed by atoms with E-state index in [2.05, 4.69) is 36.5 Å². The van der Waals surface area contributed by atoms with Gasteiger partial charge in [-0.25, -0.2) is 0 Å². The van der Waals surface area contributed by atoms with E-state index in [1.165, 1.54) is 22.3 Å². The van der Waals surface area contributed by atoms with Crippen molar-refractivity contribution < 1.29 is 5.11 Å². The average molecular weight is 239 g/mol. The number of fused-ring (bicyclic) bond motifs is 1. The number of nitrogens with one attached hydrogen (secondary N) is 1. The van der Waals surface area contributed by atoms with Gasteiger partial charge in [0.15, 0.2) is 0 Å². The Bertz CT molecular complexity index is 577. The minimum atomic E-state index is 0.245. The first kappa shape index (κ1) is 11.3. The maximum Gasteiger partial charge on any atom is 0.115 e. The predicted octanol–water partition coefficient (Wildman–Crippen LogP) is 2.94. The van der Waals surface area contributed by atoms with E-state index in [1.54, 1.807) is 6.07 Å². The molecule has 0 saturated heterocycles. The standard InChI is InChI=1S/C16H17NO/c1-11-3-2-4-13(9-11)16-15-6-5-14(18)10-12(15)7-8-17-16/h2-6,9-10,16-18H,7-8H2,1H3. The highest BCUT2D eigenvalue weighted by Gasteiger charge is 2.21. The number of benzene rings is 2. The summed E-state index contributed by atoms with van der Waals surface area (Å²) in [6.07, 6.45) is 0.978. The smallest absolute Gasteiger partial charge is 0.115 e. The van der Waals surface area contributed by atoms with Crippen LogP contribution in [0.15, 0.2) is 42.5 Å². The summed E-state index contributed by atoms with van der Waals surface area (Å²) in [5, 5.41) is 13.1. The van der Waals surface area contributed by atoms with Crippen molar-refractivity contribution in [2.24, 2.45) is 0 Å². The van der Waals surface area contributed by atoms with Crippen LogP contribution in [0, 0.1) is 6.92 Å². The Labute approximate surface area is 107 Å². The van der Waals surface area contributed by atoms with Crippen LogP contribution in [0.1, 0.15) is 28.3 Å². The Morgan fingerprint density at radius 3 is 2.89 bits per heavy atom. The lowest BCUT2D eigenvalue weighted by Crippen LogP contribution is -2.30. The van der Waals surface area contributed by atoms with Crippen molar-refractivity contribution in [3.05, 3.63) is 64.7 Å². The molecule has 1 aliphatic heterocycles. The minimum Gasteiger partial charge on any atom is -0.508 e. The van der Waals surface area contributed by atoms with Gasteiger partial charge in [0.25, 0.3) is 0 Å². The van der Waals surface area contributed by atoms with Crippen LogP contribution >= 0.6 is 0 Å². The summed E-state index contributed by atoms with van der Waals surface area (Å²) in [5.41, 5.74) is 5.10. The quantitative estimate of drug-likeness (QED) is 0.802. The highest BCUT2D eigenvalue weighted by atomic mass is 16.3. The summed E-state index contributed by atoms with van der Waals surface area (Å²) in [6, 6.07) is 14.5. The minimum absolute atomic E-state index is 0.245. The normalized spacial score (nSPS) is 18.4. The van der Waals surface area contributed by atoms with E-state index in [-0.39, 0.29) is 6.04 Å². The fourth-order valence-corrected chi connectivity index (χ4v) is 2.70. The lowest BCUT2D eigenvalue weighted by molar-refractivity contribution is 0.471. The average Bonchev–Trinajstić information content (AvgIpc) is 2.37. The number of aryl methyl sites for hydroxylation is 1. The highest BCUT2D eigenvalue weighted by Crippen LogP contribution is 2.30. The third-order valence-corrected chi connectivity index (χ3v) is 3.56. The molecule has 1 unspecified atom stereocenters. The Balaban J connectivity index is 2.06. The third kappa shape index (κ3) is 2.00. The lowest BCUT2D eigenvalue weighted by atomic mass is 9.89. The van der Waals surface area contributed by atoms with Gasteiger partial charge in [0.05, 0.1) is 6.04 Å². The molecule has 0 amide bonds. The summed E-state index contributed by atoms with van der Waals surface area (Å²) in [6.45, 7) is 3.07. The monoisotopic (exact) mass is 239 g/mol. The molecule has 2 heteroatoms. The van der Waals surface area contributed by atoms with Crippen molar-refractivity contribution in [1.82, 2.24) is 5.32 Å². The summed E-state index contributed by atoms with van der Waals surface area (Å²) >= 11 is 0. The molecular weight excluding hydrogens is 222 g/mol. The van der Waals surface area contributed by atoms with Crippen molar-refractivity contribution in [3.63, 3.8) is 0 Å². The Kier molecular flexibility index (Phi) is 2.80. The number of hydrogen-bond acceptors (Lipinski definition) is 2. The number of phenolic OH excluding ortho intramolecular Hbond substituents is 1. The maximum absolute atomic E-state index is 9.57. The Hall–Kier alpha value is -1.80. The molecule has 2 nitrogen and oxygen atoms in total. The molecule has 0 saturated carbocycles. The number of rotatable bonds is 1. The van der Waals surface area contributed by atoms with E-state index in [4.69, 9.17) is 0 Å². The van der Waals surface area contributed by atoms with Gasteiger partial charge >= 0.3 is 0 Å². The fraction of sp³-hybridized carbons (Fsp3) is 0.250. The van der Waals surface area contributed by atoms with Crippen molar-refractivity contribution >= 4 is 0 Å². The van der Waals surface area contributed by atoms with E-state index < -0.39 is 0 Å². The van der Waals surface area contributed by atoms with Gasteiger partial charge in [-0.1, -0.05) is 35.9 Å². The molecule has 1 atom stereocenters. The van der Waals surface area contributed by atoms with E-state index >= 15 is 0 Å². The zero-order valence-electron chi connectivity index (χ0n) is 10.5. The van der Waals surface area contributed by atoms with Gasteiger partial charge in [-0.2, -0.15) is 0 Å². The van der Waals surface area contributed by atoms with E-state index in [0.29, 0.717) is 5.75 Å². The zero-order chi connectivity index (χ0) is 12.5. The molecule has 0 fully saturated rings. The van der Waals surface area contributed by atoms with Crippen LogP contribution in [0.4, 0.5) is 0 Å². The van der Waals surface area contributed by atoms with Crippen LogP contribution in [0.2, 0.25) is 0 Å². The second kappa shape index (κ2) is 4.46. The van der Waals surface area contributed by atoms with Crippen LogP contribution in [0.5, 0.6) is 5.75 Å². The van der Waals surface area contributed by atoms with Crippen molar-refractivity contribution in [2.45, 2.75) is 19.4 Å². The highest BCUT2D eigenvalue weighted by molar-refractivity contribution is 5.43. The first-order chi connectivity index (χ1) is 8.74. The number of phenols is 1. The first-order valence-electron chi connectivity index (χ1n) is 6.36. The molecule has 18 heavy (non-hydrogen) atoms. The second-order valence-corrected chi connectivity index (χ2v) is 4.93. The largest absolute Gasteiger partial charge is 0.508 e. The van der Waals surface area contributed by atoms with Crippen LogP contribution in [-0.2, 0) is 6.42 Å². The van der Waals surface area contributed by atoms with Gasteiger partial charge in [0.1, 0.15) is 5.75 Å². The Morgan fingerprint density at radius 2 is 2.06 bits per heavy atom. The molecule has 1 heterocycles. The van der Waals surface area contributed by atoms with Crippen LogP contribution in [0.25, 0.3) is 0 Å². The lowest BCUT2D eigenvalue weighted by Gasteiger charge is -2.27. The summed E-state index contributed by atoms with van der Waals surface area (Å²) < 4.78 is 0. The third-order valence-electron chi connectivity index (χ3n) is 3.56. The van der Waals surface area contributed by atoms with E-state index in [1.807, 2.05) is 12.1 Å². The van der Waals surface area contributed by atoms with E-state index in [0.717, 1.165) is 13.0 Å². The van der Waals surface area contributed by atoms with Crippen molar-refractivity contribution in [2.75, 3.05) is 6.54 Å². The van der Waals surface area contributed by atoms with Gasteiger partial charge in [-0.15, -0.1) is 0 Å². The molecule has 3 rings (SSSR count). The van der Waals surface area contributed by atoms with Crippen LogP contribution < -0.4 is 5.32 Å². The SMILES string of the molecule is Cc1cccc(C2NCCc3cc(O)ccc32)c1. The molecule has 2 aromatic carbocycles. The van der Waals surface area contributed by atoms with Crippen LogP contribution in [0.3, 0.4) is 0 Å². The first-order valence-corrected chi connectivity index (χ1v) is 6.36. The molecule has 92 valence electrons. The molecule has 0 spiro atoms. The van der Waals surface area contributed by atoms with E-state index in [9.17, 15) is 5.11 Å². The van der Waals surface area contributed by atoms with Gasteiger partial charge in [-0.05, 0) is 42.2 Å².